The van der Waals surface area contributed by atoms with Crippen molar-refractivity contribution < 1.29 is 14.7 Å². The molecule has 26 heavy (non-hydrogen) atoms. The number of hydrogen-bond donors (Lipinski definition) is 3. The van der Waals surface area contributed by atoms with E-state index in [0.29, 0.717) is 11.0 Å². The maximum Gasteiger partial charge on any atom is 0.377 e. The van der Waals surface area contributed by atoms with E-state index in [0.717, 1.165) is 43.1 Å². The third-order valence-corrected chi connectivity index (χ3v) is 4.49. The standard InChI is InChI=1S/C18H17N5O3/c24-16(18(25)26)14-10-22-17-13(14)7-12(9-21-17)11-1-2-15(20-8-11)23-5-3-19-4-6-23/h1-2,7-10,19H,3-6H2,(H,21,22)(H,25,26). The Kier molecular flexibility index (Phi) is 4.10. The average Bonchev–Trinajstić information content (AvgIpc) is 3.11. The maximum atomic E-state index is 11.8. The van der Waals surface area contributed by atoms with Crippen LogP contribution in [0.2, 0.25) is 0 Å². The van der Waals surface area contributed by atoms with E-state index in [1.807, 2.05) is 12.1 Å². The van der Waals surface area contributed by atoms with Gasteiger partial charge in [-0.1, -0.05) is 0 Å². The van der Waals surface area contributed by atoms with Crippen LogP contribution in [0.5, 0.6) is 0 Å². The first kappa shape index (κ1) is 16.2. The summed E-state index contributed by atoms with van der Waals surface area (Å²) in [5.41, 5.74) is 2.21. The Hall–Kier alpha value is -3.26. The number of piperazine rings is 1. The van der Waals surface area contributed by atoms with Gasteiger partial charge in [0.2, 0.25) is 0 Å². The summed E-state index contributed by atoms with van der Waals surface area (Å²) < 4.78 is 0. The molecule has 0 atom stereocenters. The predicted octanol–water partition coefficient (Wildman–Crippen LogP) is 1.30. The molecule has 132 valence electrons. The number of nitrogens with zero attached hydrogens (tertiary/aromatic N) is 3. The quantitative estimate of drug-likeness (QED) is 0.480. The van der Waals surface area contributed by atoms with Crippen molar-refractivity contribution in [1.82, 2.24) is 20.3 Å². The number of aliphatic carboxylic acids is 1. The molecule has 1 fully saturated rings. The topological polar surface area (TPSA) is 111 Å². The van der Waals surface area contributed by atoms with Gasteiger partial charge in [-0.05, 0) is 18.2 Å². The molecule has 0 bridgehead atoms. The van der Waals surface area contributed by atoms with Crippen molar-refractivity contribution in [3.8, 4) is 11.1 Å². The number of H-pyrrole nitrogens is 1. The van der Waals surface area contributed by atoms with Crippen LogP contribution in [0.4, 0.5) is 5.82 Å². The van der Waals surface area contributed by atoms with Crippen LogP contribution in [-0.2, 0) is 4.79 Å². The molecule has 3 N–H and O–H groups in total. The van der Waals surface area contributed by atoms with Crippen molar-refractivity contribution in [2.75, 3.05) is 31.1 Å². The van der Waals surface area contributed by atoms with Crippen molar-refractivity contribution in [3.63, 3.8) is 0 Å². The van der Waals surface area contributed by atoms with Crippen LogP contribution in [0.1, 0.15) is 10.4 Å². The van der Waals surface area contributed by atoms with Crippen molar-refractivity contribution in [1.29, 1.82) is 0 Å². The van der Waals surface area contributed by atoms with Crippen LogP contribution in [0.15, 0.2) is 36.8 Å². The highest BCUT2D eigenvalue weighted by atomic mass is 16.4. The highest BCUT2D eigenvalue weighted by Gasteiger charge is 2.20. The lowest BCUT2D eigenvalue weighted by atomic mass is 10.1. The summed E-state index contributed by atoms with van der Waals surface area (Å²) in [5.74, 6) is -1.52. The summed E-state index contributed by atoms with van der Waals surface area (Å²) in [6, 6.07) is 5.68. The largest absolute Gasteiger partial charge is 0.475 e. The number of anilines is 1. The lowest BCUT2D eigenvalue weighted by molar-refractivity contribution is -0.131. The van der Waals surface area contributed by atoms with Gasteiger partial charge in [-0.15, -0.1) is 0 Å². The van der Waals surface area contributed by atoms with E-state index < -0.39 is 11.8 Å². The molecule has 4 heterocycles. The van der Waals surface area contributed by atoms with Gasteiger partial charge in [-0.2, -0.15) is 0 Å². The number of carbonyl (C=O) groups excluding carboxylic acids is 1. The molecule has 3 aromatic rings. The number of carboxylic acid groups (broad SMARTS) is 1. The Labute approximate surface area is 148 Å². The van der Waals surface area contributed by atoms with Gasteiger partial charge in [0, 0.05) is 61.3 Å². The van der Waals surface area contributed by atoms with Crippen LogP contribution in [0.3, 0.4) is 0 Å². The van der Waals surface area contributed by atoms with E-state index >= 15 is 0 Å². The molecule has 0 saturated carbocycles. The van der Waals surface area contributed by atoms with Crippen molar-refractivity contribution in [3.05, 3.63) is 42.4 Å². The van der Waals surface area contributed by atoms with Crippen LogP contribution < -0.4 is 10.2 Å². The summed E-state index contributed by atoms with van der Waals surface area (Å²) in [4.78, 5) is 36.7. The second kappa shape index (κ2) is 6.57. The highest BCUT2D eigenvalue weighted by molar-refractivity contribution is 6.42. The molecule has 3 aromatic heterocycles. The number of fused-ring (bicyclic) bond motifs is 1. The molecule has 1 aliphatic heterocycles. The average molecular weight is 351 g/mol. The first-order valence-corrected chi connectivity index (χ1v) is 8.30. The second-order valence-corrected chi connectivity index (χ2v) is 6.10. The van der Waals surface area contributed by atoms with E-state index in [1.54, 1.807) is 18.5 Å². The second-order valence-electron chi connectivity index (χ2n) is 6.10. The number of carboxylic acids is 1. The number of carbonyl (C=O) groups is 2. The monoisotopic (exact) mass is 351 g/mol. The Morgan fingerprint density at radius 1 is 1.08 bits per heavy atom. The number of rotatable bonds is 4. The molecule has 0 unspecified atom stereocenters. The van der Waals surface area contributed by atoms with Gasteiger partial charge in [-0.25, -0.2) is 14.8 Å². The zero-order chi connectivity index (χ0) is 18.1. The first-order valence-electron chi connectivity index (χ1n) is 8.30. The molecule has 0 amide bonds. The zero-order valence-electron chi connectivity index (χ0n) is 13.9. The number of nitrogens with one attached hydrogen (secondary N) is 2. The Morgan fingerprint density at radius 2 is 1.85 bits per heavy atom. The van der Waals surface area contributed by atoms with Crippen molar-refractivity contribution in [2.45, 2.75) is 0 Å². The molecule has 4 rings (SSSR count). The molecule has 1 saturated heterocycles. The normalized spacial score (nSPS) is 14.5. The molecule has 1 aliphatic rings. The number of aromatic amines is 1. The predicted molar refractivity (Wildman–Crippen MR) is 96.4 cm³/mol. The van der Waals surface area contributed by atoms with Crippen LogP contribution in [-0.4, -0.2) is 58.0 Å². The number of Topliss-reactive ketones (excluding diaryl/α,β-unsaturated/α-hetero) is 1. The minimum atomic E-state index is -1.49. The minimum Gasteiger partial charge on any atom is -0.475 e. The van der Waals surface area contributed by atoms with E-state index in [1.165, 1.54) is 6.20 Å². The summed E-state index contributed by atoms with van der Waals surface area (Å²) >= 11 is 0. The third-order valence-electron chi connectivity index (χ3n) is 4.49. The van der Waals surface area contributed by atoms with Gasteiger partial charge < -0.3 is 20.3 Å². The smallest absolute Gasteiger partial charge is 0.377 e. The first-order chi connectivity index (χ1) is 12.6. The zero-order valence-corrected chi connectivity index (χ0v) is 13.9. The third kappa shape index (κ3) is 2.91. The van der Waals surface area contributed by atoms with Gasteiger partial charge in [0.05, 0.1) is 5.56 Å². The number of ketones is 1. The molecular weight excluding hydrogens is 334 g/mol. The Bertz CT molecular complexity index is 974. The van der Waals surface area contributed by atoms with Gasteiger partial charge in [0.1, 0.15) is 11.5 Å². The van der Waals surface area contributed by atoms with Crippen LogP contribution in [0.25, 0.3) is 22.2 Å². The van der Waals surface area contributed by atoms with Gasteiger partial charge in [-0.3, -0.25) is 4.79 Å². The van der Waals surface area contributed by atoms with Crippen molar-refractivity contribution >= 4 is 28.6 Å². The summed E-state index contributed by atoms with van der Waals surface area (Å²) in [6.07, 6.45) is 4.82. The molecule has 0 spiro atoms. The van der Waals surface area contributed by atoms with Gasteiger partial charge >= 0.3 is 5.97 Å². The minimum absolute atomic E-state index is 0.104. The van der Waals surface area contributed by atoms with E-state index in [2.05, 4.69) is 25.2 Å². The summed E-state index contributed by atoms with van der Waals surface area (Å²) in [5, 5.41) is 12.7. The molecule has 8 heteroatoms. The van der Waals surface area contributed by atoms with E-state index in [4.69, 9.17) is 5.11 Å². The maximum absolute atomic E-state index is 11.8. The number of aromatic nitrogens is 3. The van der Waals surface area contributed by atoms with E-state index in [9.17, 15) is 9.59 Å². The summed E-state index contributed by atoms with van der Waals surface area (Å²) in [6.45, 7) is 3.73. The van der Waals surface area contributed by atoms with Crippen LogP contribution >= 0.6 is 0 Å². The lowest BCUT2D eigenvalue weighted by Crippen LogP contribution is -2.43. The van der Waals surface area contributed by atoms with Gasteiger partial charge in [0.25, 0.3) is 5.78 Å². The highest BCUT2D eigenvalue weighted by Crippen LogP contribution is 2.26. The molecule has 0 radical (unpaired) electrons. The fourth-order valence-electron chi connectivity index (χ4n) is 3.10. The fraction of sp³-hybridized carbons (Fsp3) is 0.222. The summed E-state index contributed by atoms with van der Waals surface area (Å²) in [7, 11) is 0. The van der Waals surface area contributed by atoms with Crippen LogP contribution in [0, 0.1) is 0 Å². The number of pyridine rings is 2. The molecule has 0 aromatic carbocycles. The Morgan fingerprint density at radius 3 is 2.54 bits per heavy atom. The molecular formula is C18H17N5O3. The molecule has 0 aliphatic carbocycles. The number of hydrogen-bond acceptors (Lipinski definition) is 6. The fourth-order valence-corrected chi connectivity index (χ4v) is 3.10. The lowest BCUT2D eigenvalue weighted by Gasteiger charge is -2.28. The molecule has 8 nitrogen and oxygen atoms in total. The Balaban J connectivity index is 1.66. The van der Waals surface area contributed by atoms with Gasteiger partial charge in [0.15, 0.2) is 0 Å². The SMILES string of the molecule is O=C(O)C(=O)c1c[nH]c2ncc(-c3ccc(N4CCNCC4)nc3)cc12. The van der Waals surface area contributed by atoms with E-state index in [-0.39, 0.29) is 5.56 Å². The van der Waals surface area contributed by atoms with Crippen molar-refractivity contribution in [2.24, 2.45) is 0 Å².